The maximum atomic E-state index is 11.9. The van der Waals surface area contributed by atoms with Gasteiger partial charge in [0.2, 0.25) is 0 Å². The number of rotatable bonds is 3. The zero-order valence-electron chi connectivity index (χ0n) is 9.45. The third kappa shape index (κ3) is 2.72. The Bertz CT molecular complexity index is 361. The van der Waals surface area contributed by atoms with Crippen molar-refractivity contribution >= 4 is 5.91 Å². The van der Waals surface area contributed by atoms with Crippen LogP contribution >= 0.6 is 0 Å². The van der Waals surface area contributed by atoms with Gasteiger partial charge in [0.05, 0.1) is 5.56 Å². The molecule has 0 heterocycles. The summed E-state index contributed by atoms with van der Waals surface area (Å²) in [7, 11) is 1.74. The molecule has 1 aromatic rings. The van der Waals surface area contributed by atoms with Crippen LogP contribution in [-0.2, 0) is 0 Å². The summed E-state index contributed by atoms with van der Waals surface area (Å²) in [5.74, 6) is -0.0772. The fraction of sp³-hybridized carbons (Fsp3) is 0.417. The third-order valence-corrected chi connectivity index (χ3v) is 2.29. The zero-order chi connectivity index (χ0) is 11.4. The summed E-state index contributed by atoms with van der Waals surface area (Å²) in [4.78, 5) is 13.5. The first-order valence-corrected chi connectivity index (χ1v) is 5.11. The van der Waals surface area contributed by atoms with Crippen LogP contribution in [0, 0.1) is 6.92 Å². The minimum atomic E-state index is -0.127. The Balaban J connectivity index is 2.95. The monoisotopic (exact) mass is 207 g/mol. The summed E-state index contributed by atoms with van der Waals surface area (Å²) in [5, 5.41) is 9.57. The molecule has 1 aromatic carbocycles. The number of carbonyl (C=O) groups is 1. The van der Waals surface area contributed by atoms with Crippen molar-refractivity contribution in [2.75, 3.05) is 13.6 Å². The lowest BCUT2D eigenvalue weighted by molar-refractivity contribution is 0.0792. The molecule has 15 heavy (non-hydrogen) atoms. The number of carbonyl (C=O) groups excluding carboxylic acids is 1. The Hall–Kier alpha value is -1.51. The number of aryl methyl sites for hydroxylation is 1. The number of phenolic OH excluding ortho intramolecular Hbond substituents is 1. The highest BCUT2D eigenvalue weighted by molar-refractivity contribution is 5.96. The molecule has 0 unspecified atom stereocenters. The molecule has 0 saturated heterocycles. The van der Waals surface area contributed by atoms with Crippen molar-refractivity contribution < 1.29 is 9.90 Å². The molecule has 0 saturated carbocycles. The SMILES string of the molecule is CCCN(C)C(=O)c1cc(C)ccc1O. The smallest absolute Gasteiger partial charge is 0.257 e. The number of amides is 1. The van der Waals surface area contributed by atoms with Gasteiger partial charge in [-0.15, -0.1) is 0 Å². The van der Waals surface area contributed by atoms with E-state index >= 15 is 0 Å². The summed E-state index contributed by atoms with van der Waals surface area (Å²) in [6.45, 7) is 4.61. The summed E-state index contributed by atoms with van der Waals surface area (Å²) in [6, 6.07) is 5.05. The van der Waals surface area contributed by atoms with Gasteiger partial charge in [0, 0.05) is 13.6 Å². The Kier molecular flexibility index (Phi) is 3.72. The number of benzene rings is 1. The summed E-state index contributed by atoms with van der Waals surface area (Å²) in [5.41, 5.74) is 1.35. The van der Waals surface area contributed by atoms with Crippen LogP contribution in [0.25, 0.3) is 0 Å². The van der Waals surface area contributed by atoms with E-state index in [4.69, 9.17) is 0 Å². The molecule has 0 bridgehead atoms. The van der Waals surface area contributed by atoms with Crippen molar-refractivity contribution in [1.82, 2.24) is 4.90 Å². The Labute approximate surface area is 90.3 Å². The van der Waals surface area contributed by atoms with E-state index in [9.17, 15) is 9.90 Å². The van der Waals surface area contributed by atoms with E-state index in [1.165, 1.54) is 0 Å². The van der Waals surface area contributed by atoms with Crippen LogP contribution in [0.4, 0.5) is 0 Å². The lowest BCUT2D eigenvalue weighted by atomic mass is 10.1. The number of hydrogen-bond acceptors (Lipinski definition) is 2. The number of phenols is 1. The van der Waals surface area contributed by atoms with Crippen LogP contribution in [0.15, 0.2) is 18.2 Å². The Morgan fingerprint density at radius 1 is 1.47 bits per heavy atom. The summed E-state index contributed by atoms with van der Waals surface area (Å²) >= 11 is 0. The van der Waals surface area contributed by atoms with Crippen molar-refractivity contribution in [1.29, 1.82) is 0 Å². The van der Waals surface area contributed by atoms with Crippen molar-refractivity contribution in [3.63, 3.8) is 0 Å². The normalized spacial score (nSPS) is 10.1. The average molecular weight is 207 g/mol. The second kappa shape index (κ2) is 4.82. The maximum Gasteiger partial charge on any atom is 0.257 e. The molecular weight excluding hydrogens is 190 g/mol. The van der Waals surface area contributed by atoms with E-state index in [2.05, 4.69) is 0 Å². The molecule has 0 aliphatic carbocycles. The van der Waals surface area contributed by atoms with Gasteiger partial charge in [-0.25, -0.2) is 0 Å². The van der Waals surface area contributed by atoms with E-state index in [1.807, 2.05) is 13.8 Å². The predicted molar refractivity (Wildman–Crippen MR) is 60.1 cm³/mol. The van der Waals surface area contributed by atoms with Crippen LogP contribution in [0.3, 0.4) is 0 Å². The van der Waals surface area contributed by atoms with Crippen molar-refractivity contribution in [3.05, 3.63) is 29.3 Å². The predicted octanol–water partition coefficient (Wildman–Crippen LogP) is 2.18. The molecule has 0 aliphatic heterocycles. The van der Waals surface area contributed by atoms with Gasteiger partial charge in [0.25, 0.3) is 5.91 Å². The Morgan fingerprint density at radius 2 is 2.13 bits per heavy atom. The van der Waals surface area contributed by atoms with Gasteiger partial charge < -0.3 is 10.0 Å². The molecule has 0 radical (unpaired) electrons. The van der Waals surface area contributed by atoms with Gasteiger partial charge in [0.15, 0.2) is 0 Å². The largest absolute Gasteiger partial charge is 0.507 e. The molecule has 1 N–H and O–H groups in total. The molecule has 1 amide bonds. The van der Waals surface area contributed by atoms with Crippen molar-refractivity contribution in [2.24, 2.45) is 0 Å². The lowest BCUT2D eigenvalue weighted by Crippen LogP contribution is -2.27. The van der Waals surface area contributed by atoms with Gasteiger partial charge in [-0.3, -0.25) is 4.79 Å². The standard InChI is InChI=1S/C12H17NO2/c1-4-7-13(3)12(15)10-8-9(2)5-6-11(10)14/h5-6,8,14H,4,7H2,1-3H3. The van der Waals surface area contributed by atoms with Crippen molar-refractivity contribution in [3.8, 4) is 5.75 Å². The molecular formula is C12H17NO2. The van der Waals surface area contributed by atoms with E-state index in [0.29, 0.717) is 12.1 Å². The van der Waals surface area contributed by atoms with Crippen LogP contribution in [0.5, 0.6) is 5.75 Å². The van der Waals surface area contributed by atoms with Crippen LogP contribution < -0.4 is 0 Å². The van der Waals surface area contributed by atoms with Gasteiger partial charge in [0.1, 0.15) is 5.75 Å². The minimum Gasteiger partial charge on any atom is -0.507 e. The first kappa shape index (κ1) is 11.6. The zero-order valence-corrected chi connectivity index (χ0v) is 9.45. The summed E-state index contributed by atoms with van der Waals surface area (Å²) < 4.78 is 0. The second-order valence-electron chi connectivity index (χ2n) is 3.75. The molecule has 0 fully saturated rings. The maximum absolute atomic E-state index is 11.9. The fourth-order valence-electron chi connectivity index (χ4n) is 1.46. The highest BCUT2D eigenvalue weighted by atomic mass is 16.3. The van der Waals surface area contributed by atoms with Gasteiger partial charge in [-0.2, -0.15) is 0 Å². The molecule has 3 nitrogen and oxygen atoms in total. The topological polar surface area (TPSA) is 40.5 Å². The van der Waals surface area contributed by atoms with Gasteiger partial charge in [-0.05, 0) is 25.5 Å². The second-order valence-corrected chi connectivity index (χ2v) is 3.75. The average Bonchev–Trinajstić information content (AvgIpc) is 2.21. The van der Waals surface area contributed by atoms with E-state index in [-0.39, 0.29) is 11.7 Å². The molecule has 0 aliphatic rings. The molecule has 0 spiro atoms. The third-order valence-electron chi connectivity index (χ3n) is 2.29. The molecule has 3 heteroatoms. The number of hydrogen-bond donors (Lipinski definition) is 1. The Morgan fingerprint density at radius 3 is 2.73 bits per heavy atom. The molecule has 0 atom stereocenters. The first-order valence-electron chi connectivity index (χ1n) is 5.11. The van der Waals surface area contributed by atoms with Crippen molar-refractivity contribution in [2.45, 2.75) is 20.3 Å². The van der Waals surface area contributed by atoms with E-state index < -0.39 is 0 Å². The van der Waals surface area contributed by atoms with Gasteiger partial charge in [-0.1, -0.05) is 18.6 Å². The first-order chi connectivity index (χ1) is 7.06. The molecule has 82 valence electrons. The fourth-order valence-corrected chi connectivity index (χ4v) is 1.46. The number of nitrogens with zero attached hydrogens (tertiary/aromatic N) is 1. The lowest BCUT2D eigenvalue weighted by Gasteiger charge is -2.16. The quantitative estimate of drug-likeness (QED) is 0.825. The van der Waals surface area contributed by atoms with Crippen LogP contribution in [0.2, 0.25) is 0 Å². The number of aromatic hydroxyl groups is 1. The summed E-state index contributed by atoms with van der Waals surface area (Å²) in [6.07, 6.45) is 0.912. The van der Waals surface area contributed by atoms with E-state index in [1.54, 1.807) is 30.1 Å². The van der Waals surface area contributed by atoms with Crippen LogP contribution in [0.1, 0.15) is 29.3 Å². The molecule has 1 rings (SSSR count). The highest BCUT2D eigenvalue weighted by Crippen LogP contribution is 2.19. The van der Waals surface area contributed by atoms with Gasteiger partial charge >= 0.3 is 0 Å². The van der Waals surface area contributed by atoms with E-state index in [0.717, 1.165) is 12.0 Å². The highest BCUT2D eigenvalue weighted by Gasteiger charge is 2.14. The minimum absolute atomic E-state index is 0.0496. The van der Waals surface area contributed by atoms with Crippen LogP contribution in [-0.4, -0.2) is 29.5 Å². The molecule has 0 aromatic heterocycles.